The average molecular weight is 779 g/mol. The third kappa shape index (κ3) is 5.74. The predicted octanol–water partition coefficient (Wildman–Crippen LogP) is 16.3. The molecule has 0 aliphatic rings. The van der Waals surface area contributed by atoms with Crippen molar-refractivity contribution < 1.29 is 4.42 Å². The monoisotopic (exact) mass is 778 g/mol. The maximum absolute atomic E-state index is 6.61. The highest BCUT2D eigenvalue weighted by atomic mass is 16.3. The van der Waals surface area contributed by atoms with Crippen LogP contribution in [-0.2, 0) is 0 Å². The van der Waals surface area contributed by atoms with Gasteiger partial charge in [-0.05, 0) is 88.1 Å². The van der Waals surface area contributed by atoms with E-state index in [1.165, 1.54) is 21.5 Å². The van der Waals surface area contributed by atoms with E-state index < -0.39 is 0 Å². The van der Waals surface area contributed by atoms with E-state index in [1.807, 2.05) is 6.07 Å². The van der Waals surface area contributed by atoms with Crippen LogP contribution in [0.25, 0.3) is 93.6 Å². The molecule has 286 valence electrons. The lowest BCUT2D eigenvalue weighted by Crippen LogP contribution is -2.13. The van der Waals surface area contributed by atoms with Crippen molar-refractivity contribution in [1.29, 1.82) is 0 Å². The van der Waals surface area contributed by atoms with Crippen molar-refractivity contribution >= 4 is 71.6 Å². The van der Waals surface area contributed by atoms with Crippen molar-refractivity contribution in [2.45, 2.75) is 0 Å². The standard InChI is InChI=1S/C58H38N2O/c1-3-18-40(19-4-1)50-38-43(46-26-15-27-48-47-24-11-14-32-56(47)61-58(46)48)35-36-53(50)60(51-28-12-9-23-45(51)42-34-33-39-17-7-8-20-41(39)37-42)55-31-16-30-54-57(55)49-25-10-13-29-52(49)59(54)44-21-5-2-6-22-44/h1-38H. The van der Waals surface area contributed by atoms with Crippen molar-refractivity contribution in [3.05, 3.63) is 231 Å². The first kappa shape index (κ1) is 34.9. The zero-order valence-electron chi connectivity index (χ0n) is 33.2. The number of para-hydroxylation sites is 5. The molecule has 0 aliphatic carbocycles. The summed E-state index contributed by atoms with van der Waals surface area (Å²) in [6, 6.07) is 83.1. The summed E-state index contributed by atoms with van der Waals surface area (Å²) in [4.78, 5) is 2.50. The van der Waals surface area contributed by atoms with Crippen LogP contribution in [0.15, 0.2) is 235 Å². The molecule has 0 fully saturated rings. The largest absolute Gasteiger partial charge is 0.455 e. The molecule has 61 heavy (non-hydrogen) atoms. The number of hydrogen-bond acceptors (Lipinski definition) is 2. The molecular formula is C58H38N2O. The first-order chi connectivity index (χ1) is 30.3. The minimum atomic E-state index is 0.893. The van der Waals surface area contributed by atoms with Crippen LogP contribution in [0.3, 0.4) is 0 Å². The third-order valence-corrected chi connectivity index (χ3v) is 12.2. The molecule has 0 saturated heterocycles. The summed E-state index contributed by atoms with van der Waals surface area (Å²) in [6.45, 7) is 0. The number of fused-ring (bicyclic) bond motifs is 7. The Balaban J connectivity index is 1.17. The highest BCUT2D eigenvalue weighted by Gasteiger charge is 2.26. The van der Waals surface area contributed by atoms with Crippen LogP contribution in [0.4, 0.5) is 17.1 Å². The Kier molecular flexibility index (Phi) is 8.17. The summed E-state index contributed by atoms with van der Waals surface area (Å²) in [5.41, 5.74) is 15.2. The normalized spacial score (nSPS) is 11.6. The van der Waals surface area contributed by atoms with Crippen LogP contribution >= 0.6 is 0 Å². The minimum absolute atomic E-state index is 0.893. The lowest BCUT2D eigenvalue weighted by Gasteiger charge is -2.31. The third-order valence-electron chi connectivity index (χ3n) is 12.2. The Morgan fingerprint density at radius 3 is 1.84 bits per heavy atom. The van der Waals surface area contributed by atoms with Gasteiger partial charge in [-0.25, -0.2) is 0 Å². The molecule has 0 unspecified atom stereocenters. The second-order valence-corrected chi connectivity index (χ2v) is 15.7. The van der Waals surface area contributed by atoms with Crippen LogP contribution in [0, 0.1) is 0 Å². The van der Waals surface area contributed by atoms with E-state index in [2.05, 4.69) is 234 Å². The molecule has 0 spiro atoms. The molecule has 0 N–H and O–H groups in total. The van der Waals surface area contributed by atoms with E-state index in [9.17, 15) is 0 Å². The van der Waals surface area contributed by atoms with Crippen molar-refractivity contribution in [2.24, 2.45) is 0 Å². The lowest BCUT2D eigenvalue weighted by molar-refractivity contribution is 0.670. The second-order valence-electron chi connectivity index (χ2n) is 15.7. The minimum Gasteiger partial charge on any atom is -0.455 e. The summed E-state index contributed by atoms with van der Waals surface area (Å²) in [7, 11) is 0. The van der Waals surface area contributed by atoms with Gasteiger partial charge in [0, 0.05) is 43.9 Å². The average Bonchev–Trinajstić information content (AvgIpc) is 3.89. The summed E-state index contributed by atoms with van der Waals surface area (Å²) < 4.78 is 9.01. The van der Waals surface area contributed by atoms with Crippen molar-refractivity contribution in [3.63, 3.8) is 0 Å². The number of aromatic nitrogens is 1. The van der Waals surface area contributed by atoms with Gasteiger partial charge in [0.15, 0.2) is 0 Å². The van der Waals surface area contributed by atoms with Gasteiger partial charge in [-0.3, -0.25) is 0 Å². The smallest absolute Gasteiger partial charge is 0.143 e. The number of nitrogens with zero attached hydrogens (tertiary/aromatic N) is 2. The summed E-state index contributed by atoms with van der Waals surface area (Å²) >= 11 is 0. The summed E-state index contributed by atoms with van der Waals surface area (Å²) in [6.07, 6.45) is 0. The molecule has 0 amide bonds. The maximum Gasteiger partial charge on any atom is 0.143 e. The van der Waals surface area contributed by atoms with Gasteiger partial charge in [0.2, 0.25) is 0 Å². The number of benzene rings is 10. The molecule has 3 nitrogen and oxygen atoms in total. The van der Waals surface area contributed by atoms with Crippen molar-refractivity contribution in [3.8, 4) is 39.1 Å². The first-order valence-electron chi connectivity index (χ1n) is 20.8. The molecule has 2 heterocycles. The Hall–Kier alpha value is -8.14. The van der Waals surface area contributed by atoms with Crippen molar-refractivity contribution in [1.82, 2.24) is 4.57 Å². The number of furan rings is 1. The van der Waals surface area contributed by atoms with E-state index in [0.29, 0.717) is 0 Å². The van der Waals surface area contributed by atoms with Gasteiger partial charge in [0.1, 0.15) is 11.2 Å². The molecule has 3 heteroatoms. The molecule has 2 aromatic heterocycles. The lowest BCUT2D eigenvalue weighted by atomic mass is 9.94. The zero-order valence-corrected chi connectivity index (χ0v) is 33.2. The summed E-state index contributed by atoms with van der Waals surface area (Å²) in [5.74, 6) is 0. The molecule has 0 radical (unpaired) electrons. The van der Waals surface area contributed by atoms with Gasteiger partial charge in [-0.1, -0.05) is 170 Å². The molecule has 0 aliphatic heterocycles. The number of hydrogen-bond donors (Lipinski definition) is 0. The molecule has 0 saturated carbocycles. The fourth-order valence-corrected chi connectivity index (χ4v) is 9.42. The Morgan fingerprint density at radius 2 is 0.951 bits per heavy atom. The van der Waals surface area contributed by atoms with E-state index in [1.54, 1.807) is 0 Å². The van der Waals surface area contributed by atoms with E-state index >= 15 is 0 Å². The molecule has 10 aromatic carbocycles. The SMILES string of the molecule is c1ccc(-c2cc(-c3cccc4c3oc3ccccc34)ccc2N(c2ccccc2-c2ccc3ccccc3c2)c2cccc3c2c2ccccc2n3-c2ccccc2)cc1. The predicted molar refractivity (Wildman–Crippen MR) is 257 cm³/mol. The van der Waals surface area contributed by atoms with Crippen LogP contribution in [0.5, 0.6) is 0 Å². The highest BCUT2D eigenvalue weighted by molar-refractivity contribution is 6.18. The molecular weight excluding hydrogens is 741 g/mol. The van der Waals surface area contributed by atoms with Gasteiger partial charge in [-0.15, -0.1) is 0 Å². The van der Waals surface area contributed by atoms with Gasteiger partial charge in [-0.2, -0.15) is 0 Å². The van der Waals surface area contributed by atoms with Crippen LogP contribution in [-0.4, -0.2) is 4.57 Å². The fourth-order valence-electron chi connectivity index (χ4n) is 9.42. The van der Waals surface area contributed by atoms with Gasteiger partial charge in [0.05, 0.1) is 28.1 Å². The Bertz CT molecular complexity index is 3600. The quantitative estimate of drug-likeness (QED) is 0.161. The molecule has 0 bridgehead atoms. The van der Waals surface area contributed by atoms with Gasteiger partial charge < -0.3 is 13.9 Å². The Morgan fingerprint density at radius 1 is 0.344 bits per heavy atom. The number of anilines is 3. The van der Waals surface area contributed by atoms with Crippen LogP contribution in [0.2, 0.25) is 0 Å². The summed E-state index contributed by atoms with van der Waals surface area (Å²) in [5, 5.41) is 7.05. The van der Waals surface area contributed by atoms with Crippen molar-refractivity contribution in [2.75, 3.05) is 4.90 Å². The van der Waals surface area contributed by atoms with Gasteiger partial charge in [0.25, 0.3) is 0 Å². The molecule has 12 rings (SSSR count). The van der Waals surface area contributed by atoms with E-state index in [4.69, 9.17) is 4.42 Å². The van der Waals surface area contributed by atoms with Crippen LogP contribution in [0.1, 0.15) is 0 Å². The zero-order chi connectivity index (χ0) is 40.3. The first-order valence-corrected chi connectivity index (χ1v) is 20.8. The fraction of sp³-hybridized carbons (Fsp3) is 0. The van der Waals surface area contributed by atoms with E-state index in [0.717, 1.165) is 89.1 Å². The number of rotatable bonds is 7. The van der Waals surface area contributed by atoms with Gasteiger partial charge >= 0.3 is 0 Å². The Labute approximate surface area is 353 Å². The van der Waals surface area contributed by atoms with Crippen LogP contribution < -0.4 is 4.90 Å². The highest BCUT2D eigenvalue weighted by Crippen LogP contribution is 2.50. The maximum atomic E-state index is 6.61. The topological polar surface area (TPSA) is 21.3 Å². The molecule has 0 atom stereocenters. The molecule has 12 aromatic rings. The van der Waals surface area contributed by atoms with E-state index in [-0.39, 0.29) is 0 Å². The second kappa shape index (κ2) is 14.3.